The van der Waals surface area contributed by atoms with Gasteiger partial charge in [0.05, 0.1) is 14.7 Å². The van der Waals surface area contributed by atoms with E-state index in [0.29, 0.717) is 6.61 Å². The largest absolute Gasteiger partial charge is 0.323 e. The highest BCUT2D eigenvalue weighted by molar-refractivity contribution is 7.70. The lowest BCUT2D eigenvalue weighted by Gasteiger charge is -2.16. The summed E-state index contributed by atoms with van der Waals surface area (Å²) in [6, 6.07) is 9.44. The molecule has 0 aliphatic heterocycles. The van der Waals surface area contributed by atoms with Crippen LogP contribution in [-0.2, 0) is 9.09 Å². The van der Waals surface area contributed by atoms with Gasteiger partial charge in [-0.3, -0.25) is 4.57 Å². The third-order valence-corrected chi connectivity index (χ3v) is 5.86. The molecule has 0 saturated heterocycles. The van der Waals surface area contributed by atoms with Gasteiger partial charge >= 0.3 is 0 Å². The van der Waals surface area contributed by atoms with E-state index in [0.717, 1.165) is 5.30 Å². The summed E-state index contributed by atoms with van der Waals surface area (Å²) >= 11 is 0. The van der Waals surface area contributed by atoms with E-state index in [1.165, 1.54) is 0 Å². The van der Waals surface area contributed by atoms with E-state index >= 15 is 0 Å². The Morgan fingerprint density at radius 3 is 2.29 bits per heavy atom. The van der Waals surface area contributed by atoms with Crippen molar-refractivity contribution < 1.29 is 9.09 Å². The topological polar surface area (TPSA) is 26.3 Å². The van der Waals surface area contributed by atoms with E-state index in [1.807, 2.05) is 37.3 Å². The summed E-state index contributed by atoms with van der Waals surface area (Å²) in [5.74, 6) is 1.79. The summed E-state index contributed by atoms with van der Waals surface area (Å²) in [6.07, 6.45) is 0. The minimum Gasteiger partial charge on any atom is -0.323 e. The van der Waals surface area contributed by atoms with Crippen LogP contribution in [0, 0.1) is 0 Å². The van der Waals surface area contributed by atoms with Crippen molar-refractivity contribution in [2.45, 2.75) is 26.6 Å². The molecule has 1 atom stereocenters. The molecule has 0 spiro atoms. The first-order chi connectivity index (χ1) is 7.87. The molecule has 0 bridgehead atoms. The van der Waals surface area contributed by atoms with Gasteiger partial charge < -0.3 is 4.52 Å². The smallest absolute Gasteiger partial charge is 0.253 e. The zero-order chi connectivity index (χ0) is 12.9. The molecule has 0 amide bonds. The fraction of sp³-hybridized carbons (Fsp3) is 0.385. The predicted octanol–water partition coefficient (Wildman–Crippen LogP) is 4.02. The van der Waals surface area contributed by atoms with E-state index in [2.05, 4.69) is 25.3 Å². The van der Waals surface area contributed by atoms with Gasteiger partial charge in [-0.05, 0) is 24.9 Å². The van der Waals surface area contributed by atoms with Crippen LogP contribution in [0.2, 0.25) is 19.6 Å². The van der Waals surface area contributed by atoms with Gasteiger partial charge in [-0.25, -0.2) is 0 Å². The molecular formula is C13H21O2PSi. The van der Waals surface area contributed by atoms with Gasteiger partial charge in [-0.2, -0.15) is 0 Å². The Hall–Kier alpha value is -0.633. The van der Waals surface area contributed by atoms with Gasteiger partial charge in [-0.1, -0.05) is 43.5 Å². The first kappa shape index (κ1) is 14.4. The summed E-state index contributed by atoms with van der Waals surface area (Å²) in [5.41, 5.74) is 2.09. The van der Waals surface area contributed by atoms with E-state index in [-0.39, 0.29) is 0 Å². The molecule has 0 aromatic heterocycles. The van der Waals surface area contributed by atoms with Crippen LogP contribution < -0.4 is 5.30 Å². The molecule has 1 aromatic rings. The van der Waals surface area contributed by atoms with Crippen molar-refractivity contribution in [3.63, 3.8) is 0 Å². The lowest BCUT2D eigenvalue weighted by molar-refractivity contribution is 0.347. The van der Waals surface area contributed by atoms with Crippen LogP contribution in [-0.4, -0.2) is 14.7 Å². The third kappa shape index (κ3) is 4.62. The van der Waals surface area contributed by atoms with E-state index < -0.39 is 15.4 Å². The Labute approximate surface area is 105 Å². The van der Waals surface area contributed by atoms with Crippen LogP contribution in [0.25, 0.3) is 0 Å². The van der Waals surface area contributed by atoms with Crippen molar-refractivity contribution in [2.24, 2.45) is 0 Å². The average molecular weight is 268 g/mol. The second kappa shape index (κ2) is 5.81. The highest BCUT2D eigenvalue weighted by atomic mass is 31.2. The number of rotatable bonds is 5. The zero-order valence-corrected chi connectivity index (χ0v) is 12.9. The lowest BCUT2D eigenvalue weighted by Crippen LogP contribution is -2.16. The van der Waals surface area contributed by atoms with Crippen molar-refractivity contribution in [1.82, 2.24) is 0 Å². The molecular weight excluding hydrogens is 247 g/mol. The summed E-state index contributed by atoms with van der Waals surface area (Å²) in [7, 11) is -4.18. The second-order valence-corrected chi connectivity index (χ2v) is 12.4. The van der Waals surface area contributed by atoms with Crippen LogP contribution in [0.5, 0.6) is 0 Å². The van der Waals surface area contributed by atoms with Crippen molar-refractivity contribution >= 4 is 20.7 Å². The molecule has 1 rings (SSSR count). The first-order valence-corrected chi connectivity index (χ1v) is 11.1. The second-order valence-electron chi connectivity index (χ2n) is 5.03. The Morgan fingerprint density at radius 2 is 1.82 bits per heavy atom. The number of hydrogen-bond acceptors (Lipinski definition) is 2. The summed E-state index contributed by atoms with van der Waals surface area (Å²) in [4.78, 5) is 0. The fourth-order valence-corrected chi connectivity index (χ4v) is 5.31. The van der Waals surface area contributed by atoms with E-state index in [1.54, 1.807) is 5.82 Å². The van der Waals surface area contributed by atoms with Crippen LogP contribution in [0.15, 0.2) is 41.8 Å². The maximum Gasteiger partial charge on any atom is 0.253 e. The SMILES string of the molecule is CCOP(=O)(/C=C/[Si](C)(C)C)c1ccccc1. The molecule has 0 aliphatic rings. The van der Waals surface area contributed by atoms with Crippen molar-refractivity contribution in [3.05, 3.63) is 41.8 Å². The molecule has 17 heavy (non-hydrogen) atoms. The molecule has 1 unspecified atom stereocenters. The van der Waals surface area contributed by atoms with Gasteiger partial charge in [0, 0.05) is 5.30 Å². The molecule has 0 heterocycles. The maximum atomic E-state index is 12.8. The normalized spacial score (nSPS) is 16.0. The summed E-state index contributed by atoms with van der Waals surface area (Å²) in [5, 5.41) is 0.774. The minimum absolute atomic E-state index is 0.461. The summed E-state index contributed by atoms with van der Waals surface area (Å²) in [6.45, 7) is 8.97. The molecule has 0 aliphatic carbocycles. The maximum absolute atomic E-state index is 12.8. The van der Waals surface area contributed by atoms with Crippen LogP contribution in [0.3, 0.4) is 0 Å². The van der Waals surface area contributed by atoms with Crippen LogP contribution in [0.1, 0.15) is 6.92 Å². The van der Waals surface area contributed by atoms with Gasteiger partial charge in [0.2, 0.25) is 0 Å². The molecule has 0 saturated carbocycles. The third-order valence-electron chi connectivity index (χ3n) is 2.21. The van der Waals surface area contributed by atoms with Gasteiger partial charge in [-0.15, -0.1) is 0 Å². The highest BCUT2D eigenvalue weighted by Gasteiger charge is 2.22. The fourth-order valence-electron chi connectivity index (χ4n) is 1.35. The zero-order valence-electron chi connectivity index (χ0n) is 11.0. The monoisotopic (exact) mass is 268 g/mol. The number of hydrogen-bond donors (Lipinski definition) is 0. The predicted molar refractivity (Wildman–Crippen MR) is 77.8 cm³/mol. The Kier molecular flexibility index (Phi) is 4.93. The minimum atomic E-state index is -2.81. The van der Waals surface area contributed by atoms with Crippen molar-refractivity contribution in [2.75, 3.05) is 6.61 Å². The van der Waals surface area contributed by atoms with Crippen LogP contribution >= 0.6 is 7.37 Å². The standard InChI is InChI=1S/C13H21O2PSi/c1-5-15-16(14,11-12-17(2,3)4)13-9-7-6-8-10-13/h6-12H,5H2,1-4H3/b12-11+. The molecule has 2 nitrogen and oxygen atoms in total. The summed E-state index contributed by atoms with van der Waals surface area (Å²) < 4.78 is 18.3. The van der Waals surface area contributed by atoms with Gasteiger partial charge in [0.25, 0.3) is 7.37 Å². The number of benzene rings is 1. The molecule has 1 aromatic carbocycles. The van der Waals surface area contributed by atoms with E-state index in [4.69, 9.17) is 4.52 Å². The van der Waals surface area contributed by atoms with Gasteiger partial charge in [0.15, 0.2) is 0 Å². The average Bonchev–Trinajstić information content (AvgIpc) is 2.27. The molecule has 0 fully saturated rings. The molecule has 4 heteroatoms. The highest BCUT2D eigenvalue weighted by Crippen LogP contribution is 2.47. The van der Waals surface area contributed by atoms with Gasteiger partial charge in [0.1, 0.15) is 0 Å². The first-order valence-electron chi connectivity index (χ1n) is 5.88. The molecule has 0 N–H and O–H groups in total. The van der Waals surface area contributed by atoms with E-state index in [9.17, 15) is 4.57 Å². The quantitative estimate of drug-likeness (QED) is 0.595. The Morgan fingerprint density at radius 1 is 1.24 bits per heavy atom. The Balaban J connectivity index is 3.07. The molecule has 94 valence electrons. The lowest BCUT2D eigenvalue weighted by atomic mass is 10.4. The molecule has 0 radical (unpaired) electrons. The van der Waals surface area contributed by atoms with Crippen molar-refractivity contribution in [1.29, 1.82) is 0 Å². The Bertz CT molecular complexity index is 421. The van der Waals surface area contributed by atoms with Crippen molar-refractivity contribution in [3.8, 4) is 0 Å². The van der Waals surface area contributed by atoms with Crippen LogP contribution in [0.4, 0.5) is 0 Å².